The number of hydrogen-bond donors (Lipinski definition) is 0. The Morgan fingerprint density at radius 3 is 2.30 bits per heavy atom. The second-order valence-corrected chi connectivity index (χ2v) is 7.65. The van der Waals surface area contributed by atoms with Crippen LogP contribution in [-0.2, 0) is 6.18 Å². The molecule has 3 aliphatic rings. The average molecular weight is 376 g/mol. The van der Waals surface area contributed by atoms with Crippen molar-refractivity contribution < 1.29 is 13.2 Å². The SMILES string of the molecule is FC(F)(F)c1ccnc(N2CC3CN(c4cc(C5CC5)ncn4)CC3C2)n1. The van der Waals surface area contributed by atoms with Gasteiger partial charge in [0, 0.05) is 61.9 Å². The molecule has 27 heavy (non-hydrogen) atoms. The molecule has 2 aliphatic heterocycles. The van der Waals surface area contributed by atoms with Crippen LogP contribution in [0.5, 0.6) is 0 Å². The molecule has 1 aliphatic carbocycles. The highest BCUT2D eigenvalue weighted by molar-refractivity contribution is 5.44. The first-order valence-electron chi connectivity index (χ1n) is 9.19. The number of halogens is 3. The molecule has 0 amide bonds. The van der Waals surface area contributed by atoms with E-state index < -0.39 is 11.9 Å². The third kappa shape index (κ3) is 3.19. The number of anilines is 2. The number of hydrogen-bond acceptors (Lipinski definition) is 6. The lowest BCUT2D eigenvalue weighted by Gasteiger charge is -2.23. The van der Waals surface area contributed by atoms with Crippen LogP contribution in [-0.4, -0.2) is 46.1 Å². The molecule has 3 fully saturated rings. The molecular weight excluding hydrogens is 357 g/mol. The molecule has 142 valence electrons. The summed E-state index contributed by atoms with van der Waals surface area (Å²) in [5.41, 5.74) is 0.232. The van der Waals surface area contributed by atoms with Crippen molar-refractivity contribution in [2.24, 2.45) is 11.8 Å². The van der Waals surface area contributed by atoms with E-state index in [2.05, 4.69) is 30.9 Å². The van der Waals surface area contributed by atoms with Crippen LogP contribution in [0.25, 0.3) is 0 Å². The molecule has 0 spiro atoms. The normalized spacial score (nSPS) is 25.1. The Morgan fingerprint density at radius 2 is 1.63 bits per heavy atom. The third-order valence-corrected chi connectivity index (χ3v) is 5.70. The number of alkyl halides is 3. The summed E-state index contributed by atoms with van der Waals surface area (Å²) < 4.78 is 38.7. The fraction of sp³-hybridized carbons (Fsp3) is 0.556. The third-order valence-electron chi connectivity index (χ3n) is 5.70. The predicted octanol–water partition coefficient (Wildman–Crippen LogP) is 2.74. The van der Waals surface area contributed by atoms with Crippen molar-refractivity contribution >= 4 is 11.8 Å². The lowest BCUT2D eigenvalue weighted by atomic mass is 10.0. The maximum Gasteiger partial charge on any atom is 0.433 e. The van der Waals surface area contributed by atoms with Gasteiger partial charge in [0.25, 0.3) is 0 Å². The molecule has 2 aromatic rings. The van der Waals surface area contributed by atoms with E-state index >= 15 is 0 Å². The summed E-state index contributed by atoms with van der Waals surface area (Å²) >= 11 is 0. The van der Waals surface area contributed by atoms with E-state index in [9.17, 15) is 13.2 Å². The molecule has 2 saturated heterocycles. The molecule has 0 radical (unpaired) electrons. The molecule has 6 nitrogen and oxygen atoms in total. The van der Waals surface area contributed by atoms with Crippen LogP contribution < -0.4 is 9.80 Å². The van der Waals surface area contributed by atoms with Gasteiger partial charge in [-0.1, -0.05) is 0 Å². The van der Waals surface area contributed by atoms with E-state index in [1.165, 1.54) is 19.0 Å². The van der Waals surface area contributed by atoms with Crippen molar-refractivity contribution in [2.75, 3.05) is 36.0 Å². The summed E-state index contributed by atoms with van der Waals surface area (Å²) in [6.07, 6.45) is 0.781. The molecule has 2 unspecified atom stereocenters. The van der Waals surface area contributed by atoms with Crippen molar-refractivity contribution in [3.63, 3.8) is 0 Å². The van der Waals surface area contributed by atoms with Crippen LogP contribution in [0.4, 0.5) is 24.9 Å². The van der Waals surface area contributed by atoms with Gasteiger partial charge >= 0.3 is 6.18 Å². The maximum atomic E-state index is 12.9. The molecule has 5 rings (SSSR count). The molecule has 0 aromatic carbocycles. The zero-order valence-corrected chi connectivity index (χ0v) is 14.6. The fourth-order valence-electron chi connectivity index (χ4n) is 4.14. The minimum atomic E-state index is -4.45. The van der Waals surface area contributed by atoms with Crippen molar-refractivity contribution in [1.82, 2.24) is 19.9 Å². The monoisotopic (exact) mass is 376 g/mol. The zero-order chi connectivity index (χ0) is 18.6. The number of aromatic nitrogens is 4. The van der Waals surface area contributed by atoms with Crippen LogP contribution in [0.2, 0.25) is 0 Å². The van der Waals surface area contributed by atoms with Gasteiger partial charge in [-0.25, -0.2) is 19.9 Å². The van der Waals surface area contributed by atoms with Crippen molar-refractivity contribution in [3.8, 4) is 0 Å². The minimum Gasteiger partial charge on any atom is -0.356 e. The second-order valence-electron chi connectivity index (χ2n) is 7.65. The topological polar surface area (TPSA) is 58.0 Å². The van der Waals surface area contributed by atoms with E-state index in [0.717, 1.165) is 30.7 Å². The minimum absolute atomic E-state index is 0.170. The van der Waals surface area contributed by atoms with Crippen molar-refractivity contribution in [1.29, 1.82) is 0 Å². The van der Waals surface area contributed by atoms with Gasteiger partial charge in [0.05, 0.1) is 0 Å². The number of fused-ring (bicyclic) bond motifs is 1. The van der Waals surface area contributed by atoms with Gasteiger partial charge in [-0.05, 0) is 18.9 Å². The van der Waals surface area contributed by atoms with Gasteiger partial charge in [-0.15, -0.1) is 0 Å². The van der Waals surface area contributed by atoms with Gasteiger partial charge in [0.1, 0.15) is 17.8 Å². The van der Waals surface area contributed by atoms with E-state index in [-0.39, 0.29) is 5.95 Å². The van der Waals surface area contributed by atoms with E-state index in [0.29, 0.717) is 30.8 Å². The summed E-state index contributed by atoms with van der Waals surface area (Å²) in [4.78, 5) is 20.7. The quantitative estimate of drug-likeness (QED) is 0.821. The van der Waals surface area contributed by atoms with Crippen LogP contribution >= 0.6 is 0 Å². The smallest absolute Gasteiger partial charge is 0.356 e. The predicted molar refractivity (Wildman–Crippen MR) is 92.4 cm³/mol. The van der Waals surface area contributed by atoms with Crippen LogP contribution in [0.15, 0.2) is 24.7 Å². The van der Waals surface area contributed by atoms with E-state index in [1.54, 1.807) is 6.33 Å². The van der Waals surface area contributed by atoms with Gasteiger partial charge in [-0.3, -0.25) is 0 Å². The summed E-state index contributed by atoms with van der Waals surface area (Å²) in [6.45, 7) is 3.04. The van der Waals surface area contributed by atoms with E-state index in [4.69, 9.17) is 0 Å². The summed E-state index contributed by atoms with van der Waals surface area (Å²) in [5.74, 6) is 2.47. The van der Waals surface area contributed by atoms with Crippen molar-refractivity contribution in [3.05, 3.63) is 36.0 Å². The summed E-state index contributed by atoms with van der Waals surface area (Å²) in [5, 5.41) is 0. The Hall–Kier alpha value is -2.45. The molecule has 2 atom stereocenters. The molecule has 0 bridgehead atoms. The summed E-state index contributed by atoms with van der Waals surface area (Å²) in [7, 11) is 0. The first-order valence-corrected chi connectivity index (χ1v) is 9.19. The largest absolute Gasteiger partial charge is 0.433 e. The van der Waals surface area contributed by atoms with Crippen LogP contribution in [0, 0.1) is 11.8 Å². The first-order chi connectivity index (χ1) is 13.0. The highest BCUT2D eigenvalue weighted by Gasteiger charge is 2.42. The van der Waals surface area contributed by atoms with Gasteiger partial charge < -0.3 is 9.80 Å². The average Bonchev–Trinajstić information content (AvgIpc) is 3.31. The Kier molecular flexibility index (Phi) is 3.73. The highest BCUT2D eigenvalue weighted by atomic mass is 19.4. The number of nitrogens with zero attached hydrogens (tertiary/aromatic N) is 6. The Morgan fingerprint density at radius 1 is 0.926 bits per heavy atom. The maximum absolute atomic E-state index is 12.9. The second kappa shape index (κ2) is 6.03. The molecule has 9 heteroatoms. The molecule has 4 heterocycles. The first kappa shape index (κ1) is 16.7. The Labute approximate surface area is 154 Å². The lowest BCUT2D eigenvalue weighted by Crippen LogP contribution is -2.30. The van der Waals surface area contributed by atoms with Gasteiger partial charge in [0.2, 0.25) is 5.95 Å². The highest BCUT2D eigenvalue weighted by Crippen LogP contribution is 2.40. The van der Waals surface area contributed by atoms with Crippen LogP contribution in [0.1, 0.15) is 30.1 Å². The number of rotatable bonds is 3. The standard InChI is InChI=1S/C18H19F3N6/c19-18(20,21)15-3-4-22-17(25-15)27-8-12-6-26(7-13(12)9-27)16-5-14(11-1-2-11)23-10-24-16/h3-5,10-13H,1-2,6-9H2. The van der Waals surface area contributed by atoms with E-state index in [1.807, 2.05) is 4.90 Å². The Bertz CT molecular complexity index is 839. The molecule has 0 N–H and O–H groups in total. The van der Waals surface area contributed by atoms with Gasteiger partial charge in [0.15, 0.2) is 0 Å². The molecule has 2 aromatic heterocycles. The summed E-state index contributed by atoms with van der Waals surface area (Å²) in [6, 6.07) is 3.00. The van der Waals surface area contributed by atoms with Crippen LogP contribution in [0.3, 0.4) is 0 Å². The lowest BCUT2D eigenvalue weighted by molar-refractivity contribution is -0.141. The Balaban J connectivity index is 1.28. The fourth-order valence-corrected chi connectivity index (χ4v) is 4.14. The van der Waals surface area contributed by atoms with Crippen molar-refractivity contribution in [2.45, 2.75) is 24.9 Å². The molecule has 1 saturated carbocycles. The zero-order valence-electron chi connectivity index (χ0n) is 14.6. The van der Waals surface area contributed by atoms with Gasteiger partial charge in [-0.2, -0.15) is 13.2 Å². The molecular formula is C18H19F3N6.